The zero-order valence-corrected chi connectivity index (χ0v) is 14.1. The Kier molecular flexibility index (Phi) is 5.76. The van der Waals surface area contributed by atoms with E-state index in [2.05, 4.69) is 5.32 Å². The fourth-order valence-corrected chi connectivity index (χ4v) is 2.56. The van der Waals surface area contributed by atoms with Crippen LogP contribution in [0.4, 0.5) is 11.4 Å². The Morgan fingerprint density at radius 1 is 1.25 bits per heavy atom. The molecule has 2 rings (SSSR count). The number of rotatable bonds is 7. The van der Waals surface area contributed by atoms with E-state index in [0.717, 1.165) is 16.8 Å². The van der Waals surface area contributed by atoms with Gasteiger partial charge in [0.05, 0.1) is 18.6 Å². The highest BCUT2D eigenvalue weighted by atomic mass is 16.6. The predicted molar refractivity (Wildman–Crippen MR) is 93.4 cm³/mol. The third-order valence-electron chi connectivity index (χ3n) is 3.86. The molecule has 0 aliphatic rings. The van der Waals surface area contributed by atoms with Gasteiger partial charge in [-0.3, -0.25) is 10.1 Å². The molecular formula is C18H22N2O4. The maximum Gasteiger partial charge on any atom is 0.273 e. The Morgan fingerprint density at radius 3 is 2.58 bits per heavy atom. The Labute approximate surface area is 141 Å². The van der Waals surface area contributed by atoms with Gasteiger partial charge in [0.2, 0.25) is 0 Å². The third kappa shape index (κ3) is 4.02. The van der Waals surface area contributed by atoms with Crippen molar-refractivity contribution in [1.29, 1.82) is 0 Å². The average molecular weight is 330 g/mol. The molecular weight excluding hydrogens is 308 g/mol. The molecule has 0 aliphatic heterocycles. The molecule has 0 spiro atoms. The number of aliphatic hydroxyl groups excluding tert-OH is 1. The van der Waals surface area contributed by atoms with E-state index in [1.807, 2.05) is 32.0 Å². The van der Waals surface area contributed by atoms with E-state index in [4.69, 9.17) is 4.74 Å². The average Bonchev–Trinajstić information content (AvgIpc) is 2.59. The van der Waals surface area contributed by atoms with E-state index < -0.39 is 0 Å². The van der Waals surface area contributed by atoms with E-state index in [-0.39, 0.29) is 23.1 Å². The van der Waals surface area contributed by atoms with Crippen LogP contribution in [0.3, 0.4) is 0 Å². The Morgan fingerprint density at radius 2 is 2.00 bits per heavy atom. The molecule has 0 saturated heterocycles. The third-order valence-corrected chi connectivity index (χ3v) is 3.86. The highest BCUT2D eigenvalue weighted by Gasteiger charge is 2.16. The minimum atomic E-state index is -0.337. The van der Waals surface area contributed by atoms with Crippen LogP contribution < -0.4 is 10.1 Å². The monoisotopic (exact) mass is 330 g/mol. The van der Waals surface area contributed by atoms with Gasteiger partial charge in [0.25, 0.3) is 5.69 Å². The number of nitro groups is 1. The van der Waals surface area contributed by atoms with Crippen molar-refractivity contribution in [1.82, 2.24) is 0 Å². The molecule has 24 heavy (non-hydrogen) atoms. The molecule has 2 aromatic carbocycles. The summed E-state index contributed by atoms with van der Waals surface area (Å²) in [5.74, 6) is 0.723. The standard InChI is InChI=1S/C18H22N2O4/c1-12(2)16-6-4-13(8-17(16)20(22)23)10-19-15-5-7-18(24-3)14(9-15)11-21/h4-9,12,19,21H,10-11H2,1-3H3. The number of nitro benzene ring substituents is 1. The van der Waals surface area contributed by atoms with Crippen LogP contribution in [0.15, 0.2) is 36.4 Å². The van der Waals surface area contributed by atoms with E-state index in [9.17, 15) is 15.2 Å². The number of nitrogens with zero attached hydrogens (tertiary/aromatic N) is 1. The number of aliphatic hydroxyl groups is 1. The summed E-state index contributed by atoms with van der Waals surface area (Å²) < 4.78 is 5.17. The summed E-state index contributed by atoms with van der Waals surface area (Å²) in [6.45, 7) is 4.21. The number of hydrogen-bond donors (Lipinski definition) is 2. The fraction of sp³-hybridized carbons (Fsp3) is 0.333. The number of anilines is 1. The first kappa shape index (κ1) is 17.7. The molecule has 0 heterocycles. The zero-order valence-electron chi connectivity index (χ0n) is 14.1. The zero-order chi connectivity index (χ0) is 17.7. The van der Waals surface area contributed by atoms with Crippen molar-refractivity contribution >= 4 is 11.4 Å². The van der Waals surface area contributed by atoms with Gasteiger partial charge in [-0.2, -0.15) is 0 Å². The first-order chi connectivity index (χ1) is 11.5. The quantitative estimate of drug-likeness (QED) is 0.595. The van der Waals surface area contributed by atoms with Crippen molar-refractivity contribution in [3.05, 3.63) is 63.2 Å². The van der Waals surface area contributed by atoms with E-state index in [0.29, 0.717) is 17.9 Å². The molecule has 0 atom stereocenters. The molecule has 128 valence electrons. The lowest BCUT2D eigenvalue weighted by molar-refractivity contribution is -0.385. The van der Waals surface area contributed by atoms with Crippen LogP contribution in [0, 0.1) is 10.1 Å². The number of benzene rings is 2. The SMILES string of the molecule is COc1ccc(NCc2ccc(C(C)C)c([N+](=O)[O-])c2)cc1CO. The maximum atomic E-state index is 11.3. The molecule has 0 bridgehead atoms. The Bertz CT molecular complexity index is 729. The van der Waals surface area contributed by atoms with Gasteiger partial charge in [0.15, 0.2) is 0 Å². The molecule has 2 N–H and O–H groups in total. The van der Waals surface area contributed by atoms with Crippen LogP contribution in [0.1, 0.15) is 36.5 Å². The summed E-state index contributed by atoms with van der Waals surface area (Å²) in [6, 6.07) is 10.7. The van der Waals surface area contributed by atoms with Gasteiger partial charge in [0, 0.05) is 29.4 Å². The van der Waals surface area contributed by atoms with E-state index in [1.165, 1.54) is 0 Å². The predicted octanol–water partition coefficient (Wildman–Crippen LogP) is 3.83. The summed E-state index contributed by atoms with van der Waals surface area (Å²) in [5.41, 5.74) is 3.21. The van der Waals surface area contributed by atoms with Gasteiger partial charge >= 0.3 is 0 Å². The topological polar surface area (TPSA) is 84.6 Å². The number of hydrogen-bond acceptors (Lipinski definition) is 5. The van der Waals surface area contributed by atoms with Crippen molar-refractivity contribution < 1.29 is 14.8 Å². The lowest BCUT2D eigenvalue weighted by Gasteiger charge is -2.12. The molecule has 6 heteroatoms. The number of methoxy groups -OCH3 is 1. The first-order valence-corrected chi connectivity index (χ1v) is 7.75. The summed E-state index contributed by atoms with van der Waals surface area (Å²) in [5, 5.41) is 23.8. The van der Waals surface area contributed by atoms with Crippen molar-refractivity contribution in [2.45, 2.75) is 32.9 Å². The largest absolute Gasteiger partial charge is 0.496 e. The van der Waals surface area contributed by atoms with E-state index in [1.54, 1.807) is 25.3 Å². The molecule has 0 aromatic heterocycles. The number of ether oxygens (including phenoxy) is 1. The van der Waals surface area contributed by atoms with E-state index >= 15 is 0 Å². The van der Waals surface area contributed by atoms with Crippen molar-refractivity contribution in [3.63, 3.8) is 0 Å². The van der Waals surface area contributed by atoms with Gasteiger partial charge < -0.3 is 15.2 Å². The van der Waals surface area contributed by atoms with Crippen LogP contribution in [-0.2, 0) is 13.2 Å². The van der Waals surface area contributed by atoms with Crippen molar-refractivity contribution in [2.24, 2.45) is 0 Å². The molecule has 0 radical (unpaired) electrons. The van der Waals surface area contributed by atoms with Crippen LogP contribution in [0.25, 0.3) is 0 Å². The van der Waals surface area contributed by atoms with Crippen molar-refractivity contribution in [3.8, 4) is 5.75 Å². The normalized spacial score (nSPS) is 10.7. The highest BCUT2D eigenvalue weighted by Crippen LogP contribution is 2.28. The van der Waals surface area contributed by atoms with Gasteiger partial charge in [-0.15, -0.1) is 0 Å². The Balaban J connectivity index is 2.17. The summed E-state index contributed by atoms with van der Waals surface area (Å²) in [6.07, 6.45) is 0. The molecule has 0 fully saturated rings. The molecule has 0 saturated carbocycles. The number of nitrogens with one attached hydrogen (secondary N) is 1. The van der Waals surface area contributed by atoms with Crippen LogP contribution in [0.5, 0.6) is 5.75 Å². The Hall–Kier alpha value is -2.60. The molecule has 2 aromatic rings. The second-order valence-electron chi connectivity index (χ2n) is 5.84. The smallest absolute Gasteiger partial charge is 0.273 e. The molecule has 6 nitrogen and oxygen atoms in total. The summed E-state index contributed by atoms with van der Waals surface area (Å²) in [7, 11) is 1.55. The molecule has 0 aliphatic carbocycles. The second-order valence-corrected chi connectivity index (χ2v) is 5.84. The molecule has 0 unspecified atom stereocenters. The van der Waals surface area contributed by atoms with Crippen molar-refractivity contribution in [2.75, 3.05) is 12.4 Å². The summed E-state index contributed by atoms with van der Waals surface area (Å²) >= 11 is 0. The van der Waals surface area contributed by atoms with Gasteiger partial charge in [-0.25, -0.2) is 0 Å². The van der Waals surface area contributed by atoms with Crippen LogP contribution in [0.2, 0.25) is 0 Å². The van der Waals surface area contributed by atoms with Crippen LogP contribution in [-0.4, -0.2) is 17.1 Å². The summed E-state index contributed by atoms with van der Waals surface area (Å²) in [4.78, 5) is 10.9. The van der Waals surface area contributed by atoms with Gasteiger partial charge in [-0.05, 0) is 29.7 Å². The van der Waals surface area contributed by atoms with Gasteiger partial charge in [-0.1, -0.05) is 26.0 Å². The molecule has 0 amide bonds. The highest BCUT2D eigenvalue weighted by molar-refractivity contribution is 5.52. The minimum Gasteiger partial charge on any atom is -0.496 e. The minimum absolute atomic E-state index is 0.0982. The fourth-order valence-electron chi connectivity index (χ4n) is 2.56. The van der Waals surface area contributed by atoms with Gasteiger partial charge in [0.1, 0.15) is 5.75 Å². The second kappa shape index (κ2) is 7.79. The maximum absolute atomic E-state index is 11.3. The lowest BCUT2D eigenvalue weighted by Crippen LogP contribution is -2.03. The first-order valence-electron chi connectivity index (χ1n) is 7.75. The lowest BCUT2D eigenvalue weighted by atomic mass is 9.99. The van der Waals surface area contributed by atoms with Crippen LogP contribution >= 0.6 is 0 Å².